The van der Waals surface area contributed by atoms with Crippen molar-refractivity contribution in [2.45, 2.75) is 19.6 Å². The molecule has 0 unspecified atom stereocenters. The van der Waals surface area contributed by atoms with Crippen molar-refractivity contribution in [2.75, 3.05) is 0 Å². The maximum Gasteiger partial charge on any atom is 0.206 e. The zero-order valence-electron chi connectivity index (χ0n) is 5.50. The van der Waals surface area contributed by atoms with Gasteiger partial charge in [0.2, 0.25) is 12.1 Å². The zero-order chi connectivity index (χ0) is 7.72. The van der Waals surface area contributed by atoms with Gasteiger partial charge in [-0.25, -0.2) is 0 Å². The Bertz CT molecular complexity index is 194. The Balaban J connectivity index is 2.85. The number of aliphatic hydroxyl groups is 2. The number of hydrogen-bond acceptors (Lipinski definition) is 4. The van der Waals surface area contributed by atoms with Crippen molar-refractivity contribution in [3.8, 4) is 0 Å². The minimum atomic E-state index is -1.09. The predicted molar refractivity (Wildman–Crippen MR) is 32.0 cm³/mol. The van der Waals surface area contributed by atoms with Crippen molar-refractivity contribution >= 4 is 5.78 Å². The minimum absolute atomic E-state index is 0.0868. The maximum absolute atomic E-state index is 10.7. The van der Waals surface area contributed by atoms with E-state index in [0.29, 0.717) is 0 Å². The number of allylic oxidation sites excluding steroid dienone is 2. The van der Waals surface area contributed by atoms with Gasteiger partial charge in [-0.3, -0.25) is 4.79 Å². The SMILES string of the molecule is CC1=C(O)C(=O)C[C@@H](O)O1. The lowest BCUT2D eigenvalue weighted by Crippen LogP contribution is -2.24. The van der Waals surface area contributed by atoms with E-state index in [4.69, 9.17) is 10.2 Å². The van der Waals surface area contributed by atoms with Gasteiger partial charge in [-0.1, -0.05) is 0 Å². The van der Waals surface area contributed by atoms with Crippen molar-refractivity contribution < 1.29 is 19.7 Å². The molecule has 10 heavy (non-hydrogen) atoms. The number of ether oxygens (including phenoxy) is 1. The van der Waals surface area contributed by atoms with Crippen molar-refractivity contribution in [1.29, 1.82) is 0 Å². The normalized spacial score (nSPS) is 26.6. The molecule has 1 aliphatic heterocycles. The Hall–Kier alpha value is -1.03. The molecule has 2 N–H and O–H groups in total. The number of carbonyl (C=O) groups is 1. The van der Waals surface area contributed by atoms with Crippen LogP contribution in [0.2, 0.25) is 0 Å². The Kier molecular flexibility index (Phi) is 1.63. The van der Waals surface area contributed by atoms with E-state index in [1.54, 1.807) is 0 Å². The largest absolute Gasteiger partial charge is 0.502 e. The molecule has 0 aliphatic carbocycles. The molecule has 0 saturated carbocycles. The van der Waals surface area contributed by atoms with E-state index in [-0.39, 0.29) is 17.9 Å². The number of aliphatic hydroxyl groups excluding tert-OH is 2. The van der Waals surface area contributed by atoms with Gasteiger partial charge in [0.25, 0.3) is 0 Å². The molecule has 56 valence electrons. The summed E-state index contributed by atoms with van der Waals surface area (Å²) in [5, 5.41) is 17.6. The van der Waals surface area contributed by atoms with Gasteiger partial charge in [0.15, 0.2) is 5.76 Å². The van der Waals surface area contributed by atoms with Crippen molar-refractivity contribution in [3.63, 3.8) is 0 Å². The van der Waals surface area contributed by atoms with E-state index in [1.807, 2.05) is 0 Å². The first-order chi connectivity index (χ1) is 4.61. The second-order valence-electron chi connectivity index (χ2n) is 2.10. The summed E-state index contributed by atoms with van der Waals surface area (Å²) in [4.78, 5) is 10.7. The fraction of sp³-hybridized carbons (Fsp3) is 0.500. The molecule has 4 heteroatoms. The van der Waals surface area contributed by atoms with Crippen molar-refractivity contribution in [3.05, 3.63) is 11.5 Å². The predicted octanol–water partition coefficient (Wildman–Crippen LogP) is 0.0837. The highest BCUT2D eigenvalue weighted by Gasteiger charge is 2.24. The molecule has 0 spiro atoms. The molecule has 0 amide bonds. The van der Waals surface area contributed by atoms with E-state index in [1.165, 1.54) is 6.92 Å². The van der Waals surface area contributed by atoms with Crippen LogP contribution >= 0.6 is 0 Å². The standard InChI is InChI=1S/C6H8O4/c1-3-6(9)4(7)2-5(8)10-3/h5,8-9H,2H2,1H3/t5-/m0/s1. The monoisotopic (exact) mass is 144 g/mol. The fourth-order valence-electron chi connectivity index (χ4n) is 0.753. The lowest BCUT2D eigenvalue weighted by Gasteiger charge is -2.18. The minimum Gasteiger partial charge on any atom is -0.502 e. The molecular weight excluding hydrogens is 136 g/mol. The quantitative estimate of drug-likeness (QED) is 0.505. The van der Waals surface area contributed by atoms with Gasteiger partial charge in [0.05, 0.1) is 6.42 Å². The van der Waals surface area contributed by atoms with Crippen LogP contribution in [-0.2, 0) is 9.53 Å². The first-order valence-electron chi connectivity index (χ1n) is 2.89. The van der Waals surface area contributed by atoms with Crippen LogP contribution in [0.4, 0.5) is 0 Å². The van der Waals surface area contributed by atoms with Crippen LogP contribution in [0.5, 0.6) is 0 Å². The second kappa shape index (κ2) is 2.30. The topological polar surface area (TPSA) is 66.8 Å². The third-order valence-corrected chi connectivity index (χ3v) is 1.27. The Labute approximate surface area is 57.7 Å². The van der Waals surface area contributed by atoms with E-state index >= 15 is 0 Å². The van der Waals surface area contributed by atoms with Crippen LogP contribution in [0.25, 0.3) is 0 Å². The number of ketones is 1. The van der Waals surface area contributed by atoms with Crippen molar-refractivity contribution in [1.82, 2.24) is 0 Å². The van der Waals surface area contributed by atoms with Gasteiger partial charge < -0.3 is 14.9 Å². The summed E-state index contributed by atoms with van der Waals surface area (Å²) in [7, 11) is 0. The van der Waals surface area contributed by atoms with E-state index in [2.05, 4.69) is 4.74 Å². The summed E-state index contributed by atoms with van der Waals surface area (Å²) in [5.41, 5.74) is 0. The van der Waals surface area contributed by atoms with Gasteiger partial charge in [0, 0.05) is 0 Å². The summed E-state index contributed by atoms with van der Waals surface area (Å²) < 4.78 is 4.63. The average Bonchev–Trinajstić information content (AvgIpc) is 1.82. The van der Waals surface area contributed by atoms with Gasteiger partial charge >= 0.3 is 0 Å². The van der Waals surface area contributed by atoms with Crippen LogP contribution in [0.3, 0.4) is 0 Å². The first kappa shape index (κ1) is 7.08. The van der Waals surface area contributed by atoms with Gasteiger partial charge in [-0.15, -0.1) is 0 Å². The summed E-state index contributed by atoms with van der Waals surface area (Å²) in [6.07, 6.45) is -1.26. The summed E-state index contributed by atoms with van der Waals surface area (Å²) in [6.45, 7) is 1.43. The van der Waals surface area contributed by atoms with Crippen LogP contribution < -0.4 is 0 Å². The molecular formula is C6H8O4. The number of hydrogen-bond donors (Lipinski definition) is 2. The van der Waals surface area contributed by atoms with Gasteiger partial charge in [-0.2, -0.15) is 0 Å². The molecule has 1 aliphatic rings. The maximum atomic E-state index is 10.7. The van der Waals surface area contributed by atoms with E-state index in [9.17, 15) is 4.79 Å². The molecule has 0 aromatic rings. The van der Waals surface area contributed by atoms with Crippen LogP contribution in [0, 0.1) is 0 Å². The number of Topliss-reactive ketones (excluding diaryl/α,β-unsaturated/α-hetero) is 1. The molecule has 1 atom stereocenters. The van der Waals surface area contributed by atoms with Gasteiger partial charge in [-0.05, 0) is 6.92 Å². The zero-order valence-corrected chi connectivity index (χ0v) is 5.50. The fourth-order valence-corrected chi connectivity index (χ4v) is 0.753. The molecule has 0 fully saturated rings. The second-order valence-corrected chi connectivity index (χ2v) is 2.10. The molecule has 1 rings (SSSR count). The molecule has 0 radical (unpaired) electrons. The molecule has 0 bridgehead atoms. The molecule has 0 aromatic heterocycles. The summed E-state index contributed by atoms with van der Waals surface area (Å²) in [5.74, 6) is -0.773. The Morgan fingerprint density at radius 2 is 2.30 bits per heavy atom. The van der Waals surface area contributed by atoms with Crippen molar-refractivity contribution in [2.24, 2.45) is 0 Å². The Morgan fingerprint density at radius 3 is 2.80 bits per heavy atom. The highest BCUT2D eigenvalue weighted by atomic mass is 16.6. The number of carbonyl (C=O) groups excluding carboxylic acids is 1. The molecule has 0 aromatic carbocycles. The van der Waals surface area contributed by atoms with Crippen LogP contribution in [0.1, 0.15) is 13.3 Å². The third-order valence-electron chi connectivity index (χ3n) is 1.27. The lowest BCUT2D eigenvalue weighted by molar-refractivity contribution is -0.136. The highest BCUT2D eigenvalue weighted by Crippen LogP contribution is 2.16. The smallest absolute Gasteiger partial charge is 0.206 e. The Morgan fingerprint density at radius 1 is 1.70 bits per heavy atom. The third kappa shape index (κ3) is 1.11. The highest BCUT2D eigenvalue weighted by molar-refractivity contribution is 5.94. The lowest BCUT2D eigenvalue weighted by atomic mass is 10.2. The van der Waals surface area contributed by atoms with E-state index in [0.717, 1.165) is 0 Å². The van der Waals surface area contributed by atoms with Gasteiger partial charge in [0.1, 0.15) is 5.76 Å². The first-order valence-corrected chi connectivity index (χ1v) is 2.89. The molecule has 0 saturated heterocycles. The van der Waals surface area contributed by atoms with Crippen LogP contribution in [-0.4, -0.2) is 22.3 Å². The average molecular weight is 144 g/mol. The van der Waals surface area contributed by atoms with Crippen LogP contribution in [0.15, 0.2) is 11.5 Å². The summed E-state index contributed by atoms with van der Waals surface area (Å²) >= 11 is 0. The molecule has 1 heterocycles. The number of rotatable bonds is 0. The summed E-state index contributed by atoms with van der Waals surface area (Å²) in [6, 6.07) is 0. The molecule has 4 nitrogen and oxygen atoms in total. The van der Waals surface area contributed by atoms with E-state index < -0.39 is 12.1 Å².